The first-order chi connectivity index (χ1) is 17.6. The molecule has 0 N–H and O–H groups in total. The van der Waals surface area contributed by atoms with E-state index in [1.165, 1.54) is 21.4 Å². The number of imidazole rings is 1. The summed E-state index contributed by atoms with van der Waals surface area (Å²) in [6.07, 6.45) is -2.21. The normalized spacial score (nSPS) is 20.4. The lowest BCUT2D eigenvalue weighted by Crippen LogP contribution is -2.59. The molecule has 4 rings (SSSR count). The molecule has 39 heavy (non-hydrogen) atoms. The van der Waals surface area contributed by atoms with Gasteiger partial charge in [0.05, 0.1) is 16.9 Å². The third-order valence-corrected chi connectivity index (χ3v) is 9.62. The van der Waals surface area contributed by atoms with Crippen LogP contribution in [0.25, 0.3) is 0 Å². The minimum absolute atomic E-state index is 0. The van der Waals surface area contributed by atoms with Crippen LogP contribution in [-0.2, 0) is 23.2 Å². The Morgan fingerprint density at radius 2 is 1.69 bits per heavy atom. The zero-order valence-corrected chi connectivity index (χ0v) is 23.4. The molecule has 2 fully saturated rings. The highest BCUT2D eigenvalue weighted by Crippen LogP contribution is 2.45. The number of benzene rings is 1. The van der Waals surface area contributed by atoms with Crippen molar-refractivity contribution in [1.82, 2.24) is 18.8 Å². The first-order valence-corrected chi connectivity index (χ1v) is 14.0. The lowest BCUT2D eigenvalue weighted by atomic mass is 9.74. The summed E-state index contributed by atoms with van der Waals surface area (Å²) in [5, 5.41) is -0.387. The fraction of sp³-hybridized carbons (Fsp3) is 0.583. The van der Waals surface area contributed by atoms with Crippen molar-refractivity contribution in [1.29, 1.82) is 0 Å². The van der Waals surface area contributed by atoms with Crippen molar-refractivity contribution >= 4 is 39.8 Å². The number of halogens is 7. The summed E-state index contributed by atoms with van der Waals surface area (Å²) in [5.41, 5.74) is -1.79. The third-order valence-electron chi connectivity index (χ3n) is 7.52. The van der Waals surface area contributed by atoms with Gasteiger partial charge in [-0.15, -0.1) is 12.4 Å². The minimum atomic E-state index is -4.60. The number of ketones is 1. The number of hydrogen-bond acceptors (Lipinski definition) is 5. The molecule has 0 atom stereocenters. The molecule has 7 nitrogen and oxygen atoms in total. The second-order valence-electron chi connectivity index (χ2n) is 9.96. The second-order valence-corrected chi connectivity index (χ2v) is 12.3. The largest absolute Gasteiger partial charge is 0.416 e. The number of aromatic nitrogens is 2. The first kappa shape index (κ1) is 31.7. The van der Waals surface area contributed by atoms with Crippen LogP contribution in [-0.4, -0.2) is 70.6 Å². The number of rotatable bonds is 7. The number of sulfonamides is 1. The SMILES string of the molecule is Cl.Cn1cnc(S(=O)(=O)N2CCN(C3(CCC(=O)c4ccc(C(F)(F)F)cc4Cl)CCC(F)(F)CC3)CC2)c1. The first-order valence-electron chi connectivity index (χ1n) is 12.1. The Morgan fingerprint density at radius 3 is 2.21 bits per heavy atom. The smallest absolute Gasteiger partial charge is 0.339 e. The Labute approximate surface area is 234 Å². The summed E-state index contributed by atoms with van der Waals surface area (Å²) >= 11 is 5.98. The molecular weight excluding hydrogens is 590 g/mol. The molecule has 1 aromatic carbocycles. The number of hydrogen-bond donors (Lipinski definition) is 0. The Morgan fingerprint density at radius 1 is 1.08 bits per heavy atom. The summed E-state index contributed by atoms with van der Waals surface area (Å²) in [7, 11) is -2.15. The zero-order valence-electron chi connectivity index (χ0n) is 21.1. The number of Topliss-reactive ketones (excluding diaryl/α,β-unsaturated/α-hetero) is 1. The molecule has 0 bridgehead atoms. The molecule has 218 valence electrons. The van der Waals surface area contributed by atoms with Crippen LogP contribution in [0.15, 0.2) is 35.7 Å². The van der Waals surface area contributed by atoms with Gasteiger partial charge in [0.1, 0.15) is 0 Å². The van der Waals surface area contributed by atoms with E-state index in [9.17, 15) is 35.2 Å². The molecule has 1 aromatic heterocycles. The van der Waals surface area contributed by atoms with E-state index in [4.69, 9.17) is 11.6 Å². The van der Waals surface area contributed by atoms with Crippen molar-refractivity contribution in [2.24, 2.45) is 7.05 Å². The highest BCUT2D eigenvalue weighted by Gasteiger charge is 2.47. The molecule has 1 aliphatic heterocycles. The maximum absolute atomic E-state index is 14.1. The van der Waals surface area contributed by atoms with E-state index in [2.05, 4.69) is 4.98 Å². The van der Waals surface area contributed by atoms with Crippen LogP contribution in [0.4, 0.5) is 22.0 Å². The molecule has 2 aliphatic rings. The van der Waals surface area contributed by atoms with Crippen molar-refractivity contribution in [3.63, 3.8) is 0 Å². The van der Waals surface area contributed by atoms with Crippen molar-refractivity contribution < 1.29 is 35.2 Å². The molecular formula is C24H29Cl2F5N4O3S. The van der Waals surface area contributed by atoms with Crippen LogP contribution in [0, 0.1) is 0 Å². The summed E-state index contributed by atoms with van der Waals surface area (Å²) in [6, 6.07) is 2.53. The lowest BCUT2D eigenvalue weighted by Gasteiger charge is -2.50. The van der Waals surface area contributed by atoms with E-state index in [0.29, 0.717) is 6.07 Å². The zero-order chi connectivity index (χ0) is 27.9. The van der Waals surface area contributed by atoms with Crippen molar-refractivity contribution in [3.8, 4) is 0 Å². The molecule has 0 radical (unpaired) electrons. The van der Waals surface area contributed by atoms with E-state index >= 15 is 0 Å². The van der Waals surface area contributed by atoms with E-state index in [1.54, 1.807) is 7.05 Å². The molecule has 0 unspecified atom stereocenters. The van der Waals surface area contributed by atoms with Crippen molar-refractivity contribution in [2.45, 2.75) is 61.2 Å². The van der Waals surface area contributed by atoms with Gasteiger partial charge in [-0.05, 0) is 37.5 Å². The molecule has 2 aromatic rings. The predicted octanol–water partition coefficient (Wildman–Crippen LogP) is 5.43. The van der Waals surface area contributed by atoms with E-state index in [0.717, 1.165) is 12.1 Å². The topological polar surface area (TPSA) is 75.5 Å². The van der Waals surface area contributed by atoms with Gasteiger partial charge in [-0.1, -0.05) is 11.6 Å². The number of carbonyl (C=O) groups excluding carboxylic acids is 1. The number of aryl methyl sites for hydroxylation is 1. The average Bonchev–Trinajstić information content (AvgIpc) is 3.30. The molecule has 1 saturated heterocycles. The van der Waals surface area contributed by atoms with Crippen LogP contribution in [0.2, 0.25) is 5.02 Å². The quantitative estimate of drug-likeness (QED) is 0.305. The monoisotopic (exact) mass is 618 g/mol. The predicted molar refractivity (Wildman–Crippen MR) is 137 cm³/mol. The van der Waals surface area contributed by atoms with Gasteiger partial charge < -0.3 is 4.57 Å². The fourth-order valence-corrected chi connectivity index (χ4v) is 6.94. The molecule has 1 aliphatic carbocycles. The maximum atomic E-state index is 14.1. The van der Waals surface area contributed by atoms with Gasteiger partial charge in [-0.25, -0.2) is 22.2 Å². The van der Waals surface area contributed by atoms with Crippen molar-refractivity contribution in [3.05, 3.63) is 46.9 Å². The van der Waals surface area contributed by atoms with Crippen LogP contribution in [0.3, 0.4) is 0 Å². The number of nitrogens with zero attached hydrogens (tertiary/aromatic N) is 4. The van der Waals surface area contributed by atoms with Gasteiger partial charge in [0, 0.05) is 69.8 Å². The van der Waals surface area contributed by atoms with Crippen LogP contribution < -0.4 is 0 Å². The summed E-state index contributed by atoms with van der Waals surface area (Å²) in [6.45, 7) is 0.838. The molecule has 0 spiro atoms. The van der Waals surface area contributed by atoms with Crippen molar-refractivity contribution in [2.75, 3.05) is 26.2 Å². The van der Waals surface area contributed by atoms with E-state index in [1.807, 2.05) is 4.90 Å². The molecule has 1 saturated carbocycles. The Bertz CT molecular complexity index is 1280. The highest BCUT2D eigenvalue weighted by atomic mass is 35.5. The van der Waals surface area contributed by atoms with Gasteiger partial charge in [0.15, 0.2) is 10.8 Å². The molecule has 2 heterocycles. The van der Waals surface area contributed by atoms with E-state index in [-0.39, 0.29) is 92.7 Å². The Kier molecular flexibility index (Phi) is 9.43. The van der Waals surface area contributed by atoms with Gasteiger partial charge in [-0.2, -0.15) is 17.5 Å². The summed E-state index contributed by atoms with van der Waals surface area (Å²) in [5.74, 6) is -3.30. The Balaban J connectivity index is 0.00000420. The van der Waals surface area contributed by atoms with Gasteiger partial charge in [0.2, 0.25) is 5.92 Å². The summed E-state index contributed by atoms with van der Waals surface area (Å²) in [4.78, 5) is 18.8. The van der Waals surface area contributed by atoms with Gasteiger partial charge in [-0.3, -0.25) is 9.69 Å². The van der Waals surface area contributed by atoms with Crippen LogP contribution >= 0.6 is 24.0 Å². The maximum Gasteiger partial charge on any atom is 0.416 e. The number of piperazine rings is 1. The second kappa shape index (κ2) is 11.6. The fourth-order valence-electron chi connectivity index (χ4n) is 5.26. The third kappa shape index (κ3) is 6.92. The Hall–Kier alpha value is -1.80. The van der Waals surface area contributed by atoms with E-state index < -0.39 is 39.0 Å². The number of alkyl halides is 5. The molecule has 0 amide bonds. The number of carbonyl (C=O) groups is 1. The average molecular weight is 619 g/mol. The van der Waals surface area contributed by atoms with Crippen LogP contribution in [0.5, 0.6) is 0 Å². The van der Waals surface area contributed by atoms with Crippen LogP contribution in [0.1, 0.15) is 54.4 Å². The van der Waals surface area contributed by atoms with Gasteiger partial charge in [0.25, 0.3) is 10.0 Å². The minimum Gasteiger partial charge on any atom is -0.339 e. The lowest BCUT2D eigenvalue weighted by molar-refractivity contribution is -0.137. The standard InChI is InChI=1S/C24H28ClF5N4O3S.ClH/c1-32-15-21(31-16-32)38(36,37)34-12-10-33(11-13-34)22(6-8-23(26,27)9-7-22)5-4-20(35)18-3-2-17(14-19(18)25)24(28,29)30;/h2-3,14-16H,4-13H2,1H3;1H. The molecule has 15 heteroatoms. The highest BCUT2D eigenvalue weighted by molar-refractivity contribution is 7.89. The summed E-state index contributed by atoms with van der Waals surface area (Å²) < 4.78 is 95.7. The van der Waals surface area contributed by atoms with Gasteiger partial charge >= 0.3 is 6.18 Å².